The molecule has 1 atom stereocenters. The van der Waals surface area contributed by atoms with Gasteiger partial charge in [0.15, 0.2) is 0 Å². The van der Waals surface area contributed by atoms with Crippen LogP contribution in [0.15, 0.2) is 28.7 Å². The van der Waals surface area contributed by atoms with Gasteiger partial charge in [-0.1, -0.05) is 15.9 Å². The zero-order valence-corrected chi connectivity index (χ0v) is 13.7. The third-order valence-corrected chi connectivity index (χ3v) is 4.52. The fraction of sp³-hybridized carbons (Fsp3) is 0.333. The van der Waals surface area contributed by atoms with Crippen molar-refractivity contribution < 1.29 is 4.39 Å². The smallest absolute Gasteiger partial charge is 0.124 e. The van der Waals surface area contributed by atoms with E-state index in [4.69, 9.17) is 0 Å². The average molecular weight is 342 g/mol. The lowest BCUT2D eigenvalue weighted by molar-refractivity contribution is 0.568. The van der Waals surface area contributed by atoms with Crippen LogP contribution < -0.4 is 5.32 Å². The standard InChI is InChI=1S/C15H17BrFNS/c1-9-4-15(11(3)19-9)10(2)18-8-12-5-13(16)7-14(17)6-12/h4-7,10,18H,8H2,1-3H3. The lowest BCUT2D eigenvalue weighted by Crippen LogP contribution is -2.18. The van der Waals surface area contributed by atoms with E-state index in [1.54, 1.807) is 6.07 Å². The van der Waals surface area contributed by atoms with Crippen LogP contribution in [0.5, 0.6) is 0 Å². The summed E-state index contributed by atoms with van der Waals surface area (Å²) in [4.78, 5) is 2.67. The van der Waals surface area contributed by atoms with E-state index in [9.17, 15) is 4.39 Å². The van der Waals surface area contributed by atoms with E-state index in [0.29, 0.717) is 6.54 Å². The maximum atomic E-state index is 13.3. The first-order valence-electron chi connectivity index (χ1n) is 6.21. The maximum absolute atomic E-state index is 13.3. The highest BCUT2D eigenvalue weighted by Crippen LogP contribution is 2.26. The molecule has 1 unspecified atom stereocenters. The highest BCUT2D eigenvalue weighted by molar-refractivity contribution is 9.10. The van der Waals surface area contributed by atoms with Crippen molar-refractivity contribution >= 4 is 27.3 Å². The Kier molecular flexibility index (Phi) is 4.76. The Bertz CT molecular complexity index is 559. The lowest BCUT2D eigenvalue weighted by Gasteiger charge is -2.14. The zero-order valence-electron chi connectivity index (χ0n) is 11.3. The predicted octanol–water partition coefficient (Wildman–Crippen LogP) is 5.12. The highest BCUT2D eigenvalue weighted by Gasteiger charge is 2.11. The quantitative estimate of drug-likeness (QED) is 0.813. The van der Waals surface area contributed by atoms with Crippen LogP contribution in [0, 0.1) is 19.7 Å². The van der Waals surface area contributed by atoms with Gasteiger partial charge in [0.1, 0.15) is 5.82 Å². The topological polar surface area (TPSA) is 12.0 Å². The van der Waals surface area contributed by atoms with Gasteiger partial charge >= 0.3 is 0 Å². The van der Waals surface area contributed by atoms with Crippen molar-refractivity contribution in [3.8, 4) is 0 Å². The molecular weight excluding hydrogens is 325 g/mol. The van der Waals surface area contributed by atoms with Crippen molar-refractivity contribution in [2.45, 2.75) is 33.4 Å². The minimum absolute atomic E-state index is 0.207. The van der Waals surface area contributed by atoms with Gasteiger partial charge in [-0.2, -0.15) is 0 Å². The molecule has 0 aliphatic rings. The molecule has 1 aromatic heterocycles. The van der Waals surface area contributed by atoms with E-state index >= 15 is 0 Å². The van der Waals surface area contributed by atoms with Gasteiger partial charge in [0.25, 0.3) is 0 Å². The monoisotopic (exact) mass is 341 g/mol. The van der Waals surface area contributed by atoms with E-state index in [1.807, 2.05) is 17.4 Å². The zero-order chi connectivity index (χ0) is 14.0. The fourth-order valence-electron chi connectivity index (χ4n) is 2.17. The van der Waals surface area contributed by atoms with Gasteiger partial charge in [0, 0.05) is 26.8 Å². The Morgan fingerprint density at radius 2 is 2.00 bits per heavy atom. The lowest BCUT2D eigenvalue weighted by atomic mass is 10.1. The molecule has 2 rings (SSSR count). The first-order chi connectivity index (χ1) is 8.95. The van der Waals surface area contributed by atoms with Crippen molar-refractivity contribution in [2.24, 2.45) is 0 Å². The summed E-state index contributed by atoms with van der Waals surface area (Å²) in [5, 5.41) is 3.44. The molecule has 1 aromatic carbocycles. The summed E-state index contributed by atoms with van der Waals surface area (Å²) in [6, 6.07) is 7.47. The number of benzene rings is 1. The first-order valence-corrected chi connectivity index (χ1v) is 7.82. The second-order valence-electron chi connectivity index (χ2n) is 4.75. The fourth-order valence-corrected chi connectivity index (χ4v) is 3.71. The van der Waals surface area contributed by atoms with Crippen molar-refractivity contribution in [3.05, 3.63) is 55.4 Å². The largest absolute Gasteiger partial charge is 0.306 e. The summed E-state index contributed by atoms with van der Waals surface area (Å²) in [5.41, 5.74) is 2.28. The SMILES string of the molecule is Cc1cc(C(C)NCc2cc(F)cc(Br)c2)c(C)s1. The van der Waals surface area contributed by atoms with Gasteiger partial charge in [0.05, 0.1) is 0 Å². The molecule has 0 aliphatic heterocycles. The highest BCUT2D eigenvalue weighted by atomic mass is 79.9. The molecule has 4 heteroatoms. The third-order valence-electron chi connectivity index (χ3n) is 3.08. The molecule has 1 N–H and O–H groups in total. The van der Waals surface area contributed by atoms with E-state index in [1.165, 1.54) is 21.4 Å². The van der Waals surface area contributed by atoms with E-state index in [2.05, 4.69) is 48.1 Å². The number of halogens is 2. The molecule has 2 aromatic rings. The van der Waals surface area contributed by atoms with Gasteiger partial charge < -0.3 is 5.32 Å². The molecule has 1 heterocycles. The van der Waals surface area contributed by atoms with Gasteiger partial charge in [-0.05, 0) is 56.2 Å². The predicted molar refractivity (Wildman–Crippen MR) is 83.1 cm³/mol. The molecule has 0 fully saturated rings. The normalized spacial score (nSPS) is 12.7. The van der Waals surface area contributed by atoms with Crippen LogP contribution in [0.1, 0.15) is 33.8 Å². The summed E-state index contributed by atoms with van der Waals surface area (Å²) in [7, 11) is 0. The summed E-state index contributed by atoms with van der Waals surface area (Å²) < 4.78 is 14.1. The van der Waals surface area contributed by atoms with Crippen LogP contribution >= 0.6 is 27.3 Å². The molecule has 0 amide bonds. The molecule has 0 aliphatic carbocycles. The van der Waals surface area contributed by atoms with E-state index in [-0.39, 0.29) is 11.9 Å². The number of nitrogens with one attached hydrogen (secondary N) is 1. The van der Waals surface area contributed by atoms with E-state index < -0.39 is 0 Å². The second-order valence-corrected chi connectivity index (χ2v) is 7.12. The first kappa shape index (κ1) is 14.7. The molecule has 0 radical (unpaired) electrons. The number of aryl methyl sites for hydroxylation is 2. The molecule has 1 nitrogen and oxygen atoms in total. The Hall–Kier alpha value is -0.710. The number of thiophene rings is 1. The van der Waals surface area contributed by atoms with Gasteiger partial charge in [0.2, 0.25) is 0 Å². The molecule has 0 saturated carbocycles. The summed E-state index contributed by atoms with van der Waals surface area (Å²) >= 11 is 5.13. The van der Waals surface area contributed by atoms with Gasteiger partial charge in [-0.15, -0.1) is 11.3 Å². The van der Waals surface area contributed by atoms with Crippen molar-refractivity contribution in [2.75, 3.05) is 0 Å². The number of rotatable bonds is 4. The van der Waals surface area contributed by atoms with Crippen LogP contribution in [0.4, 0.5) is 4.39 Å². The van der Waals surface area contributed by atoms with Gasteiger partial charge in [-0.25, -0.2) is 4.39 Å². The number of hydrogen-bond acceptors (Lipinski definition) is 2. The molecule has 0 spiro atoms. The van der Waals surface area contributed by atoms with Gasteiger partial charge in [-0.3, -0.25) is 0 Å². The third kappa shape index (κ3) is 3.88. The summed E-state index contributed by atoms with van der Waals surface area (Å²) in [6.45, 7) is 7.07. The van der Waals surface area contributed by atoms with E-state index in [0.717, 1.165) is 10.0 Å². The van der Waals surface area contributed by atoms with Crippen LogP contribution in [-0.2, 0) is 6.54 Å². The Balaban J connectivity index is 2.04. The van der Waals surface area contributed by atoms with Crippen molar-refractivity contribution in [1.29, 1.82) is 0 Å². The summed E-state index contributed by atoms with van der Waals surface area (Å²) in [6.07, 6.45) is 0. The molecule has 0 bridgehead atoms. The minimum atomic E-state index is -0.207. The minimum Gasteiger partial charge on any atom is -0.306 e. The van der Waals surface area contributed by atoms with Crippen LogP contribution in [0.25, 0.3) is 0 Å². The molecule has 19 heavy (non-hydrogen) atoms. The van der Waals surface area contributed by atoms with Crippen molar-refractivity contribution in [3.63, 3.8) is 0 Å². The average Bonchev–Trinajstić information content (AvgIpc) is 2.64. The van der Waals surface area contributed by atoms with Crippen molar-refractivity contribution in [1.82, 2.24) is 5.32 Å². The Morgan fingerprint density at radius 1 is 1.26 bits per heavy atom. The Morgan fingerprint density at radius 3 is 2.58 bits per heavy atom. The molecule has 102 valence electrons. The number of hydrogen-bond donors (Lipinski definition) is 1. The molecule has 0 saturated heterocycles. The Labute approximate surface area is 126 Å². The van der Waals surface area contributed by atoms with Crippen LogP contribution in [0.2, 0.25) is 0 Å². The maximum Gasteiger partial charge on any atom is 0.124 e. The second kappa shape index (κ2) is 6.16. The summed E-state index contributed by atoms with van der Waals surface area (Å²) in [5.74, 6) is -0.207. The van der Waals surface area contributed by atoms with Crippen LogP contribution in [0.3, 0.4) is 0 Å². The molecular formula is C15H17BrFNS. The van der Waals surface area contributed by atoms with Crippen LogP contribution in [-0.4, -0.2) is 0 Å².